The molecule has 184 valence electrons. The van der Waals surface area contributed by atoms with Crippen LogP contribution in [0.2, 0.25) is 0 Å². The smallest absolute Gasteiger partial charge is 0.309 e. The van der Waals surface area contributed by atoms with E-state index < -0.39 is 28.1 Å². The number of para-hydroxylation sites is 1. The Balaban J connectivity index is 1.58. The second kappa shape index (κ2) is 11.5. The topological polar surface area (TPSA) is 114 Å². The van der Waals surface area contributed by atoms with Gasteiger partial charge < -0.3 is 20.1 Å². The minimum atomic E-state index is -3.84. The summed E-state index contributed by atoms with van der Waals surface area (Å²) in [6.07, 6.45) is 0.137. The van der Waals surface area contributed by atoms with Gasteiger partial charge in [0.15, 0.2) is 0 Å². The van der Waals surface area contributed by atoms with E-state index in [0.717, 1.165) is 11.1 Å². The lowest BCUT2D eigenvalue weighted by molar-refractivity contribution is -0.140. The van der Waals surface area contributed by atoms with Crippen LogP contribution in [-0.4, -0.2) is 64.1 Å². The number of hydrogen-bond acceptors (Lipinski definition) is 6. The van der Waals surface area contributed by atoms with Crippen molar-refractivity contribution < 1.29 is 27.5 Å². The molecule has 1 saturated heterocycles. The normalized spacial score (nSPS) is 16.6. The molecule has 0 unspecified atom stereocenters. The van der Waals surface area contributed by atoms with Crippen molar-refractivity contribution in [2.45, 2.75) is 37.8 Å². The van der Waals surface area contributed by atoms with Crippen LogP contribution < -0.4 is 15.4 Å². The maximum Gasteiger partial charge on any atom is 0.309 e. The van der Waals surface area contributed by atoms with Gasteiger partial charge in [-0.05, 0) is 55.5 Å². The van der Waals surface area contributed by atoms with E-state index in [1.807, 2.05) is 37.3 Å². The fourth-order valence-electron chi connectivity index (χ4n) is 3.77. The molecule has 2 amide bonds. The highest BCUT2D eigenvalue weighted by Gasteiger charge is 2.35. The second-order valence-electron chi connectivity index (χ2n) is 8.09. The van der Waals surface area contributed by atoms with E-state index in [2.05, 4.69) is 10.6 Å². The zero-order valence-corrected chi connectivity index (χ0v) is 20.5. The highest BCUT2D eigenvalue weighted by molar-refractivity contribution is 7.89. The first-order chi connectivity index (χ1) is 16.2. The summed E-state index contributed by atoms with van der Waals surface area (Å²) in [5.41, 5.74) is 2.37. The third kappa shape index (κ3) is 6.13. The van der Waals surface area contributed by atoms with Gasteiger partial charge in [0, 0.05) is 13.1 Å². The second-order valence-corrected chi connectivity index (χ2v) is 9.95. The van der Waals surface area contributed by atoms with Crippen LogP contribution in [0.5, 0.6) is 5.75 Å². The van der Waals surface area contributed by atoms with Crippen molar-refractivity contribution in [1.29, 1.82) is 0 Å². The monoisotopic (exact) mass is 489 g/mol. The average Bonchev–Trinajstić information content (AvgIpc) is 2.84. The van der Waals surface area contributed by atoms with Gasteiger partial charge in [-0.25, -0.2) is 8.42 Å². The predicted octanol–water partition coefficient (Wildman–Crippen LogP) is 1.52. The summed E-state index contributed by atoms with van der Waals surface area (Å²) >= 11 is 0. The van der Waals surface area contributed by atoms with Gasteiger partial charge in [-0.3, -0.25) is 9.59 Å². The number of rotatable bonds is 8. The lowest BCUT2D eigenvalue weighted by atomic mass is 10.1. The van der Waals surface area contributed by atoms with Crippen LogP contribution in [0.25, 0.3) is 0 Å². The van der Waals surface area contributed by atoms with Crippen molar-refractivity contribution in [3.63, 3.8) is 0 Å². The molecule has 0 radical (unpaired) electrons. The van der Waals surface area contributed by atoms with Gasteiger partial charge in [-0.15, -0.1) is 0 Å². The highest BCUT2D eigenvalue weighted by atomic mass is 32.2. The van der Waals surface area contributed by atoms with Crippen LogP contribution >= 0.6 is 0 Å². The molecular formula is C24H31N3O6S. The summed E-state index contributed by atoms with van der Waals surface area (Å²) in [6.45, 7) is 4.31. The Morgan fingerprint density at radius 2 is 1.85 bits per heavy atom. The van der Waals surface area contributed by atoms with Gasteiger partial charge >= 0.3 is 11.8 Å². The van der Waals surface area contributed by atoms with E-state index >= 15 is 0 Å². The molecule has 2 aromatic carbocycles. The standard InChI is InChI=1S/C24H31N3O6S/c1-17-9-10-18(2)21(15-17)34(30,31)27-13-6-14-33-22(27)16-26-24(29)23(28)25-12-11-19-7-4-5-8-20(19)32-3/h4-5,7-10,15,22H,6,11-14,16H2,1-3H3,(H,25,28)(H,26,29)/t22-/m1/s1. The zero-order valence-electron chi connectivity index (χ0n) is 19.7. The molecule has 0 spiro atoms. The van der Waals surface area contributed by atoms with E-state index in [0.29, 0.717) is 30.8 Å². The maximum absolute atomic E-state index is 13.3. The van der Waals surface area contributed by atoms with E-state index in [-0.39, 0.29) is 24.5 Å². The van der Waals surface area contributed by atoms with Gasteiger partial charge in [-0.1, -0.05) is 30.3 Å². The van der Waals surface area contributed by atoms with Gasteiger partial charge in [0.1, 0.15) is 12.0 Å². The van der Waals surface area contributed by atoms with E-state index in [1.165, 1.54) is 4.31 Å². The predicted molar refractivity (Wildman–Crippen MR) is 127 cm³/mol. The lowest BCUT2D eigenvalue weighted by Gasteiger charge is -2.35. The molecule has 2 aromatic rings. The number of amides is 2. The van der Waals surface area contributed by atoms with Crippen LogP contribution in [0.1, 0.15) is 23.1 Å². The van der Waals surface area contributed by atoms with Crippen molar-refractivity contribution in [3.8, 4) is 5.75 Å². The number of aryl methyl sites for hydroxylation is 2. The number of carbonyl (C=O) groups excluding carboxylic acids is 2. The van der Waals surface area contributed by atoms with Crippen molar-refractivity contribution >= 4 is 21.8 Å². The molecule has 0 saturated carbocycles. The SMILES string of the molecule is COc1ccccc1CCNC(=O)C(=O)NC[C@H]1OCCCN1S(=O)(=O)c1cc(C)ccc1C. The number of ether oxygens (including phenoxy) is 2. The third-order valence-electron chi connectivity index (χ3n) is 5.60. The molecule has 0 aliphatic carbocycles. The summed E-state index contributed by atoms with van der Waals surface area (Å²) < 4.78 is 38.8. The van der Waals surface area contributed by atoms with Crippen LogP contribution in [0.4, 0.5) is 0 Å². The molecule has 1 aliphatic rings. The quantitative estimate of drug-likeness (QED) is 0.544. The molecule has 1 aliphatic heterocycles. The van der Waals surface area contributed by atoms with Crippen LogP contribution in [0, 0.1) is 13.8 Å². The van der Waals surface area contributed by atoms with E-state index in [4.69, 9.17) is 9.47 Å². The number of benzene rings is 2. The number of sulfonamides is 1. The Morgan fingerprint density at radius 1 is 1.12 bits per heavy atom. The van der Waals surface area contributed by atoms with E-state index in [9.17, 15) is 18.0 Å². The Bertz CT molecular complexity index is 1140. The Kier molecular flexibility index (Phi) is 8.65. The summed E-state index contributed by atoms with van der Waals surface area (Å²) in [7, 11) is -2.27. The molecule has 2 N–H and O–H groups in total. The molecule has 0 aromatic heterocycles. The maximum atomic E-state index is 13.3. The first kappa shape index (κ1) is 25.7. The van der Waals surface area contributed by atoms with Crippen LogP contribution in [0.15, 0.2) is 47.4 Å². The average molecular weight is 490 g/mol. The molecular weight excluding hydrogens is 458 g/mol. The number of nitrogens with zero attached hydrogens (tertiary/aromatic N) is 1. The highest BCUT2D eigenvalue weighted by Crippen LogP contribution is 2.25. The first-order valence-electron chi connectivity index (χ1n) is 11.1. The zero-order chi connectivity index (χ0) is 24.7. The molecule has 3 rings (SSSR count). The summed E-state index contributed by atoms with van der Waals surface area (Å²) in [5.74, 6) is -0.936. The molecule has 1 fully saturated rings. The van der Waals surface area contributed by atoms with Gasteiger partial charge in [0.25, 0.3) is 0 Å². The van der Waals surface area contributed by atoms with Gasteiger partial charge in [0.2, 0.25) is 10.0 Å². The largest absolute Gasteiger partial charge is 0.496 e. The van der Waals surface area contributed by atoms with Gasteiger partial charge in [0.05, 0.1) is 25.2 Å². The molecule has 1 heterocycles. The molecule has 0 bridgehead atoms. The third-order valence-corrected chi connectivity index (χ3v) is 7.63. The summed E-state index contributed by atoms with van der Waals surface area (Å²) in [6, 6.07) is 12.7. The molecule has 1 atom stereocenters. The van der Waals surface area contributed by atoms with Crippen molar-refractivity contribution in [3.05, 3.63) is 59.2 Å². The van der Waals surface area contributed by atoms with Crippen molar-refractivity contribution in [1.82, 2.24) is 14.9 Å². The number of nitrogens with one attached hydrogen (secondary N) is 2. The Hall–Kier alpha value is -2.95. The van der Waals surface area contributed by atoms with Gasteiger partial charge in [-0.2, -0.15) is 4.31 Å². The lowest BCUT2D eigenvalue weighted by Crippen LogP contribution is -2.53. The number of hydrogen-bond donors (Lipinski definition) is 2. The van der Waals surface area contributed by atoms with Crippen molar-refractivity contribution in [2.24, 2.45) is 0 Å². The Labute approximate surface area is 200 Å². The van der Waals surface area contributed by atoms with Crippen LogP contribution in [-0.2, 0) is 30.8 Å². The molecule has 34 heavy (non-hydrogen) atoms. The fraction of sp³-hybridized carbons (Fsp3) is 0.417. The fourth-order valence-corrected chi connectivity index (χ4v) is 5.65. The first-order valence-corrected chi connectivity index (χ1v) is 12.6. The summed E-state index contributed by atoms with van der Waals surface area (Å²) in [5, 5.41) is 5.07. The minimum absolute atomic E-state index is 0.136. The summed E-state index contributed by atoms with van der Waals surface area (Å²) in [4.78, 5) is 24.7. The minimum Gasteiger partial charge on any atom is -0.496 e. The Morgan fingerprint density at radius 3 is 2.62 bits per heavy atom. The van der Waals surface area contributed by atoms with Crippen molar-refractivity contribution in [2.75, 3.05) is 33.4 Å². The van der Waals surface area contributed by atoms with Crippen LogP contribution in [0.3, 0.4) is 0 Å². The number of carbonyl (C=O) groups is 2. The van der Waals surface area contributed by atoms with E-state index in [1.54, 1.807) is 26.2 Å². The molecule has 9 nitrogen and oxygen atoms in total. The molecule has 10 heteroatoms. The number of methoxy groups -OCH3 is 1.